The molecule has 56 heavy (non-hydrogen) atoms. The minimum Gasteiger partial charge on any atom is -0.347 e. The Hall–Kier alpha value is -3.02. The Morgan fingerprint density at radius 2 is 1.48 bits per heavy atom. The fourth-order valence-corrected chi connectivity index (χ4v) is 11.4. The second-order valence-electron chi connectivity index (χ2n) is 20.4. The fourth-order valence-electron chi connectivity index (χ4n) is 11.4. The molecule has 0 aromatic carbocycles. The standard InChI is InChI=1S/C44H72N6O6/c1-9-15-31(34(51)39(55)45-30-19-20-30)46-37(53)32-24-44(42(7,8)43(44)21-14-22-43)26-50(32)40(56)35(41(4,5)6)48-38(54)33(28-16-11-10-12-17-28)47-36(52)29-18-13-23-49(25-29)27(2)3/h27-33,35H,9-26H2,1-8H3,(H,45,55)(H,46,53)(H,47,52)(H,48,54)/t29-,31?,32+,33?,35-,44-/m1/s1. The summed E-state index contributed by atoms with van der Waals surface area (Å²) in [7, 11) is 0. The van der Waals surface area contributed by atoms with E-state index in [0.29, 0.717) is 38.4 Å². The summed E-state index contributed by atoms with van der Waals surface area (Å²) in [6, 6.07) is -3.22. The van der Waals surface area contributed by atoms with Gasteiger partial charge in [-0.3, -0.25) is 28.8 Å². The van der Waals surface area contributed by atoms with Crippen molar-refractivity contribution in [3.63, 3.8) is 0 Å². The highest BCUT2D eigenvalue weighted by atomic mass is 16.2. The molecule has 4 saturated carbocycles. The lowest BCUT2D eigenvalue weighted by atomic mass is 9.73. The number of piperidine rings is 1. The lowest BCUT2D eigenvalue weighted by Gasteiger charge is -2.39. The number of amides is 5. The number of fused-ring (bicyclic) bond motifs is 1. The molecule has 2 unspecified atom stereocenters. The minimum atomic E-state index is -0.987. The summed E-state index contributed by atoms with van der Waals surface area (Å²) in [6.07, 6.45) is 12.7. The molecule has 4 aliphatic carbocycles. The molecule has 5 amide bonds. The molecule has 6 rings (SSSR count). The van der Waals surface area contributed by atoms with Gasteiger partial charge < -0.3 is 31.1 Å². The summed E-state index contributed by atoms with van der Waals surface area (Å²) in [5, 5.41) is 12.1. The van der Waals surface area contributed by atoms with Gasteiger partial charge in [0.15, 0.2) is 0 Å². The average Bonchev–Trinajstić information content (AvgIpc) is 3.96. The Morgan fingerprint density at radius 3 is 2.04 bits per heavy atom. The van der Waals surface area contributed by atoms with Crippen LogP contribution in [-0.2, 0) is 28.8 Å². The van der Waals surface area contributed by atoms with Gasteiger partial charge in [-0.05, 0) is 107 Å². The minimum absolute atomic E-state index is 0.0149. The van der Waals surface area contributed by atoms with Gasteiger partial charge in [0.05, 0.1) is 12.0 Å². The van der Waals surface area contributed by atoms with Crippen molar-refractivity contribution in [1.29, 1.82) is 0 Å². The first-order chi connectivity index (χ1) is 26.4. The van der Waals surface area contributed by atoms with E-state index in [0.717, 1.165) is 83.6 Å². The van der Waals surface area contributed by atoms with Crippen molar-refractivity contribution in [3.8, 4) is 0 Å². The second-order valence-corrected chi connectivity index (χ2v) is 20.4. The van der Waals surface area contributed by atoms with Crippen molar-refractivity contribution in [2.24, 2.45) is 33.5 Å². The Kier molecular flexibility index (Phi) is 12.4. The van der Waals surface area contributed by atoms with Crippen molar-refractivity contribution in [2.45, 2.75) is 188 Å². The van der Waals surface area contributed by atoms with E-state index in [4.69, 9.17) is 0 Å². The zero-order valence-electron chi connectivity index (χ0n) is 35.7. The summed E-state index contributed by atoms with van der Waals surface area (Å²) in [6.45, 7) is 18.5. The van der Waals surface area contributed by atoms with E-state index in [-0.39, 0.29) is 51.8 Å². The van der Waals surface area contributed by atoms with E-state index in [9.17, 15) is 24.0 Å². The predicted molar refractivity (Wildman–Crippen MR) is 215 cm³/mol. The van der Waals surface area contributed by atoms with Crippen molar-refractivity contribution >= 4 is 35.3 Å². The van der Waals surface area contributed by atoms with Crippen LogP contribution in [0.4, 0.5) is 0 Å². The normalized spacial score (nSPS) is 28.9. The highest BCUT2D eigenvalue weighted by Gasteiger charge is 2.85. The maximum Gasteiger partial charge on any atom is 0.289 e. The molecule has 6 atom stereocenters. The van der Waals surface area contributed by atoms with E-state index in [1.165, 1.54) is 0 Å². The van der Waals surface area contributed by atoms with E-state index < -0.39 is 47.2 Å². The average molecular weight is 781 g/mol. The fraction of sp³-hybridized carbons (Fsp3) is 0.864. The molecule has 2 aliphatic heterocycles. The number of hydrogen-bond acceptors (Lipinski definition) is 7. The molecule has 314 valence electrons. The van der Waals surface area contributed by atoms with Crippen molar-refractivity contribution in [3.05, 3.63) is 0 Å². The van der Waals surface area contributed by atoms with Crippen molar-refractivity contribution in [2.75, 3.05) is 19.6 Å². The monoisotopic (exact) mass is 781 g/mol. The molecular weight excluding hydrogens is 709 g/mol. The van der Waals surface area contributed by atoms with Gasteiger partial charge in [0.1, 0.15) is 18.1 Å². The number of ketones is 1. The quantitative estimate of drug-likeness (QED) is 0.187. The van der Waals surface area contributed by atoms with Gasteiger partial charge in [-0.25, -0.2) is 0 Å². The number of rotatable bonds is 14. The molecule has 12 heteroatoms. The van der Waals surface area contributed by atoms with Crippen LogP contribution in [-0.4, -0.2) is 101 Å². The molecule has 0 bridgehead atoms. The van der Waals surface area contributed by atoms with Crippen LogP contribution in [0.25, 0.3) is 0 Å². The Morgan fingerprint density at radius 1 is 0.804 bits per heavy atom. The van der Waals surface area contributed by atoms with Gasteiger partial charge in [-0.15, -0.1) is 0 Å². The summed E-state index contributed by atoms with van der Waals surface area (Å²) < 4.78 is 0. The SMILES string of the molecule is CCCC(NC(=O)[C@@H]1C[C@@]2(CN1C(=O)[C@@H](NC(=O)C(NC(=O)[C@@H]1CCCN(C(C)C)C1)C1CCCCC1)C(C)(C)C)C(C)(C)C21CCC1)C(=O)C(=O)NC1CC1. The van der Waals surface area contributed by atoms with E-state index in [1.807, 2.05) is 27.7 Å². The molecule has 12 nitrogen and oxygen atoms in total. The topological polar surface area (TPSA) is 157 Å². The highest BCUT2D eigenvalue weighted by molar-refractivity contribution is 6.38. The van der Waals surface area contributed by atoms with Crippen LogP contribution in [0.1, 0.15) is 152 Å². The van der Waals surface area contributed by atoms with Crippen LogP contribution in [0.3, 0.4) is 0 Å². The molecule has 0 radical (unpaired) electrons. The van der Waals surface area contributed by atoms with Gasteiger partial charge in [-0.1, -0.05) is 73.6 Å². The van der Waals surface area contributed by atoms with Crippen LogP contribution in [0.5, 0.6) is 0 Å². The number of carbonyl (C=O) groups is 6. The van der Waals surface area contributed by atoms with Gasteiger partial charge in [0.2, 0.25) is 29.4 Å². The molecule has 0 aromatic heterocycles. The first kappa shape index (κ1) is 42.6. The predicted octanol–water partition coefficient (Wildman–Crippen LogP) is 4.63. The summed E-state index contributed by atoms with van der Waals surface area (Å²) >= 11 is 0. The summed E-state index contributed by atoms with van der Waals surface area (Å²) in [5.41, 5.74) is -1.04. The number of nitrogens with zero attached hydrogens (tertiary/aromatic N) is 2. The van der Waals surface area contributed by atoms with Gasteiger partial charge in [0, 0.05) is 30.6 Å². The third-order valence-corrected chi connectivity index (χ3v) is 15.4. The lowest BCUT2D eigenvalue weighted by molar-refractivity contribution is -0.145. The van der Waals surface area contributed by atoms with Crippen LogP contribution in [0, 0.1) is 33.5 Å². The van der Waals surface area contributed by atoms with Gasteiger partial charge in [-0.2, -0.15) is 0 Å². The van der Waals surface area contributed by atoms with E-state index in [2.05, 4.69) is 53.9 Å². The molecule has 2 heterocycles. The highest BCUT2D eigenvalue weighted by Crippen LogP contribution is 2.88. The first-order valence-electron chi connectivity index (χ1n) is 22.2. The number of carbonyl (C=O) groups excluding carboxylic acids is 6. The van der Waals surface area contributed by atoms with E-state index >= 15 is 4.79 Å². The first-order valence-corrected chi connectivity index (χ1v) is 22.2. The maximum absolute atomic E-state index is 15.1. The Balaban J connectivity index is 1.24. The molecule has 2 spiro atoms. The summed E-state index contributed by atoms with van der Waals surface area (Å²) in [4.78, 5) is 88.3. The van der Waals surface area contributed by atoms with Gasteiger partial charge in [0.25, 0.3) is 5.91 Å². The number of hydrogen-bond donors (Lipinski definition) is 4. The molecule has 6 fully saturated rings. The Bertz CT molecular complexity index is 1520. The van der Waals surface area contributed by atoms with Crippen LogP contribution < -0.4 is 21.3 Å². The molecule has 2 saturated heterocycles. The maximum atomic E-state index is 15.1. The van der Waals surface area contributed by atoms with Crippen molar-refractivity contribution < 1.29 is 28.8 Å². The third-order valence-electron chi connectivity index (χ3n) is 15.4. The number of Topliss-reactive ketones (excluding diaryl/α,β-unsaturated/α-hetero) is 1. The molecule has 0 aromatic rings. The van der Waals surface area contributed by atoms with Crippen molar-refractivity contribution in [1.82, 2.24) is 31.1 Å². The largest absolute Gasteiger partial charge is 0.347 e. The zero-order chi connectivity index (χ0) is 40.8. The Labute approximate surface area is 335 Å². The van der Waals surface area contributed by atoms with E-state index in [1.54, 1.807) is 4.90 Å². The third kappa shape index (κ3) is 8.02. The molecular formula is C44H72N6O6. The second kappa shape index (κ2) is 16.3. The number of likely N-dealkylation sites (tertiary alicyclic amines) is 2. The summed E-state index contributed by atoms with van der Waals surface area (Å²) in [5.74, 6) is -2.74. The van der Waals surface area contributed by atoms with Crippen LogP contribution >= 0.6 is 0 Å². The molecule has 6 aliphatic rings. The lowest BCUT2D eigenvalue weighted by Crippen LogP contribution is -2.62. The van der Waals surface area contributed by atoms with Gasteiger partial charge >= 0.3 is 0 Å². The van der Waals surface area contributed by atoms with Crippen LogP contribution in [0.15, 0.2) is 0 Å². The molecule has 4 N–H and O–H groups in total. The van der Waals surface area contributed by atoms with Crippen LogP contribution in [0.2, 0.25) is 0 Å². The zero-order valence-corrected chi connectivity index (χ0v) is 35.7. The smallest absolute Gasteiger partial charge is 0.289 e. The number of nitrogens with one attached hydrogen (secondary N) is 4.